The lowest BCUT2D eigenvalue weighted by Gasteiger charge is -2.26. The van der Waals surface area contributed by atoms with E-state index in [0.717, 1.165) is 12.2 Å². The Kier molecular flexibility index (Phi) is 3.51. The van der Waals surface area contributed by atoms with Gasteiger partial charge in [0.1, 0.15) is 11.9 Å². The summed E-state index contributed by atoms with van der Waals surface area (Å²) in [7, 11) is 0. The molecule has 0 unspecified atom stereocenters. The molecule has 2 aromatic rings. The predicted molar refractivity (Wildman–Crippen MR) is 75.7 cm³/mol. The SMILES string of the molecule is Cc1ccc(Cc2ccc(OC3COC3)cc2)cc1. The molecular weight excluding hydrogens is 236 g/mol. The summed E-state index contributed by atoms with van der Waals surface area (Å²) in [6, 6.07) is 17.0. The average molecular weight is 254 g/mol. The smallest absolute Gasteiger partial charge is 0.145 e. The summed E-state index contributed by atoms with van der Waals surface area (Å²) in [5.41, 5.74) is 3.95. The molecule has 0 aliphatic carbocycles. The molecule has 0 saturated carbocycles. The zero-order valence-electron chi connectivity index (χ0n) is 11.1. The molecule has 0 atom stereocenters. The van der Waals surface area contributed by atoms with Gasteiger partial charge in [0.05, 0.1) is 13.2 Å². The number of benzene rings is 2. The van der Waals surface area contributed by atoms with E-state index in [-0.39, 0.29) is 6.10 Å². The van der Waals surface area contributed by atoms with Crippen LogP contribution >= 0.6 is 0 Å². The molecule has 0 radical (unpaired) electrons. The van der Waals surface area contributed by atoms with E-state index in [1.807, 2.05) is 12.1 Å². The van der Waals surface area contributed by atoms with Gasteiger partial charge in [0.25, 0.3) is 0 Å². The van der Waals surface area contributed by atoms with Crippen molar-refractivity contribution in [2.24, 2.45) is 0 Å². The summed E-state index contributed by atoms with van der Waals surface area (Å²) < 4.78 is 10.8. The number of rotatable bonds is 4. The molecule has 1 aliphatic rings. The van der Waals surface area contributed by atoms with Crippen molar-refractivity contribution in [3.63, 3.8) is 0 Å². The highest BCUT2D eigenvalue weighted by Gasteiger charge is 2.19. The first-order valence-corrected chi connectivity index (χ1v) is 6.68. The molecule has 2 aromatic carbocycles. The molecule has 19 heavy (non-hydrogen) atoms. The van der Waals surface area contributed by atoms with Gasteiger partial charge in [0.15, 0.2) is 0 Å². The highest BCUT2D eigenvalue weighted by Crippen LogP contribution is 2.18. The van der Waals surface area contributed by atoms with Crippen LogP contribution in [-0.4, -0.2) is 19.3 Å². The molecule has 0 spiro atoms. The average Bonchev–Trinajstić information content (AvgIpc) is 2.38. The van der Waals surface area contributed by atoms with E-state index in [1.54, 1.807) is 0 Å². The van der Waals surface area contributed by atoms with Crippen LogP contribution in [0, 0.1) is 6.92 Å². The Labute approximate surface area is 114 Å². The minimum atomic E-state index is 0.239. The van der Waals surface area contributed by atoms with Crippen molar-refractivity contribution >= 4 is 0 Å². The zero-order valence-corrected chi connectivity index (χ0v) is 11.1. The van der Waals surface area contributed by atoms with Crippen molar-refractivity contribution in [3.8, 4) is 5.75 Å². The van der Waals surface area contributed by atoms with Crippen molar-refractivity contribution in [2.45, 2.75) is 19.4 Å². The van der Waals surface area contributed by atoms with Gasteiger partial charge in [-0.05, 0) is 36.6 Å². The topological polar surface area (TPSA) is 18.5 Å². The Morgan fingerprint density at radius 1 is 0.947 bits per heavy atom. The van der Waals surface area contributed by atoms with Crippen LogP contribution in [0.2, 0.25) is 0 Å². The standard InChI is InChI=1S/C17H18O2/c1-13-2-4-14(5-3-13)10-15-6-8-16(9-7-15)19-17-11-18-12-17/h2-9,17H,10-12H2,1H3. The minimum absolute atomic E-state index is 0.239. The number of hydrogen-bond acceptors (Lipinski definition) is 2. The molecule has 98 valence electrons. The summed E-state index contributed by atoms with van der Waals surface area (Å²) in [5, 5.41) is 0. The largest absolute Gasteiger partial charge is 0.486 e. The second-order valence-corrected chi connectivity index (χ2v) is 5.08. The number of hydrogen-bond donors (Lipinski definition) is 0. The van der Waals surface area contributed by atoms with Crippen molar-refractivity contribution in [3.05, 3.63) is 65.2 Å². The van der Waals surface area contributed by atoms with Gasteiger partial charge in [-0.15, -0.1) is 0 Å². The van der Waals surface area contributed by atoms with Gasteiger partial charge in [-0.2, -0.15) is 0 Å². The van der Waals surface area contributed by atoms with Gasteiger partial charge in [-0.1, -0.05) is 42.0 Å². The van der Waals surface area contributed by atoms with Crippen LogP contribution < -0.4 is 4.74 Å². The fourth-order valence-corrected chi connectivity index (χ4v) is 2.10. The van der Waals surface area contributed by atoms with Crippen molar-refractivity contribution in [1.29, 1.82) is 0 Å². The fourth-order valence-electron chi connectivity index (χ4n) is 2.10. The molecule has 0 aromatic heterocycles. The van der Waals surface area contributed by atoms with E-state index in [0.29, 0.717) is 13.2 Å². The van der Waals surface area contributed by atoms with Crippen LogP contribution in [-0.2, 0) is 11.2 Å². The molecule has 0 N–H and O–H groups in total. The van der Waals surface area contributed by atoms with Crippen LogP contribution in [0.5, 0.6) is 5.75 Å². The highest BCUT2D eigenvalue weighted by molar-refractivity contribution is 5.32. The van der Waals surface area contributed by atoms with Crippen LogP contribution in [0.3, 0.4) is 0 Å². The maximum Gasteiger partial charge on any atom is 0.145 e. The van der Waals surface area contributed by atoms with E-state index in [4.69, 9.17) is 9.47 Å². The van der Waals surface area contributed by atoms with Gasteiger partial charge in [0.2, 0.25) is 0 Å². The van der Waals surface area contributed by atoms with E-state index < -0.39 is 0 Å². The molecule has 0 bridgehead atoms. The Hall–Kier alpha value is -1.80. The van der Waals surface area contributed by atoms with Crippen molar-refractivity contribution in [2.75, 3.05) is 13.2 Å². The highest BCUT2D eigenvalue weighted by atomic mass is 16.6. The van der Waals surface area contributed by atoms with Gasteiger partial charge < -0.3 is 9.47 Å². The fraction of sp³-hybridized carbons (Fsp3) is 0.294. The minimum Gasteiger partial charge on any atom is -0.486 e. The normalized spacial score (nSPS) is 15.0. The second kappa shape index (κ2) is 5.45. The quantitative estimate of drug-likeness (QED) is 0.833. The Morgan fingerprint density at radius 2 is 1.53 bits per heavy atom. The first-order valence-electron chi connectivity index (χ1n) is 6.68. The molecule has 1 saturated heterocycles. The van der Waals surface area contributed by atoms with Gasteiger partial charge in [-0.25, -0.2) is 0 Å². The van der Waals surface area contributed by atoms with Gasteiger partial charge >= 0.3 is 0 Å². The van der Waals surface area contributed by atoms with Crippen LogP contribution in [0.1, 0.15) is 16.7 Å². The maximum atomic E-state index is 5.75. The van der Waals surface area contributed by atoms with E-state index >= 15 is 0 Å². The number of aryl methyl sites for hydroxylation is 1. The molecule has 2 heteroatoms. The maximum absolute atomic E-state index is 5.75. The van der Waals surface area contributed by atoms with Gasteiger partial charge in [0, 0.05) is 0 Å². The van der Waals surface area contributed by atoms with Gasteiger partial charge in [-0.3, -0.25) is 0 Å². The molecule has 1 fully saturated rings. The Morgan fingerprint density at radius 3 is 2.05 bits per heavy atom. The third-order valence-corrected chi connectivity index (χ3v) is 3.36. The number of ether oxygens (including phenoxy) is 2. The van der Waals surface area contributed by atoms with Crippen LogP contribution in [0.4, 0.5) is 0 Å². The molecule has 1 aliphatic heterocycles. The van der Waals surface area contributed by atoms with E-state index in [2.05, 4.69) is 43.3 Å². The van der Waals surface area contributed by atoms with Crippen molar-refractivity contribution in [1.82, 2.24) is 0 Å². The first-order chi connectivity index (χ1) is 9.29. The Balaban J connectivity index is 1.63. The third-order valence-electron chi connectivity index (χ3n) is 3.36. The summed E-state index contributed by atoms with van der Waals surface area (Å²) >= 11 is 0. The second-order valence-electron chi connectivity index (χ2n) is 5.08. The summed E-state index contributed by atoms with van der Waals surface area (Å²) in [5.74, 6) is 0.931. The molecule has 1 heterocycles. The molecular formula is C17H18O2. The summed E-state index contributed by atoms with van der Waals surface area (Å²) in [6.07, 6.45) is 1.20. The first kappa shape index (κ1) is 12.2. The Bertz CT molecular complexity index is 524. The van der Waals surface area contributed by atoms with E-state index in [9.17, 15) is 0 Å². The van der Waals surface area contributed by atoms with E-state index in [1.165, 1.54) is 16.7 Å². The zero-order chi connectivity index (χ0) is 13.1. The predicted octanol–water partition coefficient (Wildman–Crippen LogP) is 3.36. The lowest BCUT2D eigenvalue weighted by molar-refractivity contribution is -0.0796. The van der Waals surface area contributed by atoms with Crippen molar-refractivity contribution < 1.29 is 9.47 Å². The molecule has 0 amide bonds. The van der Waals surface area contributed by atoms with Crippen LogP contribution in [0.25, 0.3) is 0 Å². The summed E-state index contributed by atoms with van der Waals surface area (Å²) in [4.78, 5) is 0. The van der Waals surface area contributed by atoms with Crippen LogP contribution in [0.15, 0.2) is 48.5 Å². The monoisotopic (exact) mass is 254 g/mol. The lowest BCUT2D eigenvalue weighted by Crippen LogP contribution is -2.38. The summed E-state index contributed by atoms with van der Waals surface area (Å²) in [6.45, 7) is 3.54. The third kappa shape index (κ3) is 3.15. The molecule has 3 rings (SSSR count). The lowest BCUT2D eigenvalue weighted by atomic mass is 10.0. The molecule has 2 nitrogen and oxygen atoms in total.